The highest BCUT2D eigenvalue weighted by Crippen LogP contribution is 2.27. The molecule has 7 atom stereocenters. The van der Waals surface area contributed by atoms with E-state index in [1.54, 1.807) is 73.8 Å². The van der Waals surface area contributed by atoms with Gasteiger partial charge >= 0.3 is 0 Å². The average molecular weight is 1050 g/mol. The molecule has 5 aromatic carbocycles. The van der Waals surface area contributed by atoms with Crippen molar-refractivity contribution >= 4 is 47.4 Å². The van der Waals surface area contributed by atoms with Gasteiger partial charge in [-0.2, -0.15) is 0 Å². The van der Waals surface area contributed by atoms with Crippen molar-refractivity contribution < 1.29 is 38.3 Å². The number of likely N-dealkylation sites (N-methyl/N-ethyl adjacent to an activating group) is 1. The van der Waals surface area contributed by atoms with Crippen LogP contribution in [0.1, 0.15) is 59.9 Å². The molecule has 2 aliphatic rings. The highest BCUT2D eigenvalue weighted by molar-refractivity contribution is 6.00. The topological polar surface area (TPSA) is 242 Å². The van der Waals surface area contributed by atoms with Crippen LogP contribution < -0.4 is 47.7 Å². The van der Waals surface area contributed by atoms with E-state index in [-0.39, 0.29) is 51.6 Å². The Balaban J connectivity index is 1.29. The van der Waals surface area contributed by atoms with Crippen molar-refractivity contribution in [3.05, 3.63) is 179 Å². The van der Waals surface area contributed by atoms with Gasteiger partial charge < -0.3 is 52.6 Å². The summed E-state index contributed by atoms with van der Waals surface area (Å²) in [6, 6.07) is 36.5. The van der Waals surface area contributed by atoms with Gasteiger partial charge in [0.05, 0.1) is 5.92 Å². The number of ether oxygens (including phenoxy) is 1. The smallest absolute Gasteiger partial charge is 0.246 e. The summed E-state index contributed by atoms with van der Waals surface area (Å²) in [4.78, 5) is 105. The molecule has 9 N–H and O–H groups in total. The summed E-state index contributed by atoms with van der Waals surface area (Å²) in [6.45, 7) is 1.31. The second-order valence-electron chi connectivity index (χ2n) is 19.4. The Kier molecular flexibility index (Phi) is 21.5. The summed E-state index contributed by atoms with van der Waals surface area (Å²) in [6.07, 6.45) is 4.66. The fourth-order valence-corrected chi connectivity index (χ4v) is 9.54. The van der Waals surface area contributed by atoms with Crippen molar-refractivity contribution in [2.75, 3.05) is 33.2 Å². The predicted molar refractivity (Wildman–Crippen MR) is 294 cm³/mol. The molecule has 0 spiro atoms. The molecule has 0 aromatic heterocycles. The Morgan fingerprint density at radius 2 is 1.08 bits per heavy atom. The van der Waals surface area contributed by atoms with Crippen LogP contribution in [0, 0.1) is 5.92 Å². The van der Waals surface area contributed by atoms with Crippen LogP contribution >= 0.6 is 0 Å². The zero-order valence-corrected chi connectivity index (χ0v) is 43.5. The zero-order chi connectivity index (χ0) is 54.4. The number of hydrogen-bond acceptors (Lipinski definition) is 10. The Bertz CT molecular complexity index is 2750. The fourth-order valence-electron chi connectivity index (χ4n) is 9.54. The lowest BCUT2D eigenvalue weighted by molar-refractivity contribution is -0.145. The molecule has 2 saturated heterocycles. The van der Waals surface area contributed by atoms with Crippen LogP contribution in [0.5, 0.6) is 5.75 Å². The summed E-state index contributed by atoms with van der Waals surface area (Å²) in [7, 11) is 1.74. The maximum atomic E-state index is 15.3. The Labute approximate surface area is 450 Å². The third-order valence-electron chi connectivity index (χ3n) is 13.7. The van der Waals surface area contributed by atoms with E-state index in [1.165, 1.54) is 4.90 Å². The number of nitrogens with two attached hydrogens (primary N) is 1. The van der Waals surface area contributed by atoms with Gasteiger partial charge in [0.25, 0.3) is 0 Å². The number of nitrogens with one attached hydrogen (secondary N) is 7. The van der Waals surface area contributed by atoms with Crippen LogP contribution in [-0.4, -0.2) is 116 Å². The minimum absolute atomic E-state index is 0.0136. The number of carbonyl (C=O) groups excluding carboxylic acids is 7. The van der Waals surface area contributed by atoms with E-state index in [2.05, 4.69) is 37.2 Å². The molecule has 0 radical (unpaired) electrons. The molecule has 7 amide bonds. The lowest BCUT2D eigenvalue weighted by atomic mass is 9.96. The molecular weight excluding hydrogens is 975 g/mol. The fraction of sp³-hybridized carbons (Fsp3) is 0.350. The van der Waals surface area contributed by atoms with Gasteiger partial charge in [-0.1, -0.05) is 146 Å². The molecule has 77 heavy (non-hydrogen) atoms. The van der Waals surface area contributed by atoms with E-state index in [0.717, 1.165) is 11.1 Å². The van der Waals surface area contributed by atoms with Crippen LogP contribution in [0.3, 0.4) is 0 Å². The molecule has 5 aromatic rings. The standard InChI is InChI=1S/C60H71N9O8/c1-62-34-35-63-54(70)47-32-36-69-53(47)59(75)67-51(37-42-19-8-3-9-20-42)57(73)65-49(27-16-25-41-17-6-2-7-18-41)55(71)64-48(26-14-15-33-61)56(72)66-50(58(74)68-52(60(69)76)39-43-21-10-4-11-22-43)38-44-28-30-46(31-29-44)77-40-45-23-12-5-13-24-45/h2-13,16-25,28-31,47-53,62H,14-15,26-27,32-40,61H2,1H3,(H,63,70)(H,64,71)(H,65,73)(H,66,72)(H,67,75)(H,68,74)/b25-16+/t47?,48-,49-,50-,51?,52-,53-/m0/s1. The minimum Gasteiger partial charge on any atom is -0.489 e. The van der Waals surface area contributed by atoms with E-state index in [9.17, 15) is 19.2 Å². The van der Waals surface area contributed by atoms with Crippen LogP contribution in [0.15, 0.2) is 152 Å². The monoisotopic (exact) mass is 1050 g/mol. The number of fused-ring (bicyclic) bond motifs is 1. The first-order chi connectivity index (χ1) is 37.5. The van der Waals surface area contributed by atoms with Crippen molar-refractivity contribution in [3.8, 4) is 5.75 Å². The van der Waals surface area contributed by atoms with E-state index >= 15 is 14.4 Å². The van der Waals surface area contributed by atoms with Crippen molar-refractivity contribution in [2.24, 2.45) is 11.7 Å². The van der Waals surface area contributed by atoms with E-state index in [0.29, 0.717) is 55.0 Å². The van der Waals surface area contributed by atoms with E-state index in [4.69, 9.17) is 10.5 Å². The SMILES string of the molecule is CNCCNC(=O)C1CCN2C(=O)[C@H](Cc3ccccc3)NC(=O)[C@H](Cc3ccc(OCc4ccccc4)cc3)NC(=O)[C@H](CCCCN)NC(=O)[C@H](C/C=C/c3ccccc3)NC(=O)C(Cc3ccccc3)NC(=O)[C@H]12. The Morgan fingerprint density at radius 1 is 0.584 bits per heavy atom. The number of hydrogen-bond donors (Lipinski definition) is 8. The Morgan fingerprint density at radius 3 is 1.68 bits per heavy atom. The zero-order valence-electron chi connectivity index (χ0n) is 43.5. The maximum Gasteiger partial charge on any atom is 0.246 e. The highest BCUT2D eigenvalue weighted by Gasteiger charge is 2.48. The lowest BCUT2D eigenvalue weighted by Gasteiger charge is -2.33. The average Bonchev–Trinajstić information content (AvgIpc) is 3.91. The van der Waals surface area contributed by atoms with Crippen molar-refractivity contribution in [2.45, 2.75) is 94.2 Å². The van der Waals surface area contributed by atoms with Gasteiger partial charge in [-0.15, -0.1) is 0 Å². The van der Waals surface area contributed by atoms with Gasteiger partial charge in [-0.05, 0) is 85.6 Å². The summed E-state index contributed by atoms with van der Waals surface area (Å²) < 4.78 is 6.04. The van der Waals surface area contributed by atoms with E-state index in [1.807, 2.05) is 91.0 Å². The van der Waals surface area contributed by atoms with Crippen LogP contribution in [0.4, 0.5) is 0 Å². The molecule has 2 fully saturated rings. The molecule has 2 unspecified atom stereocenters. The largest absolute Gasteiger partial charge is 0.489 e. The molecule has 2 aliphatic heterocycles. The van der Waals surface area contributed by atoms with Crippen LogP contribution in [-0.2, 0) is 59.4 Å². The van der Waals surface area contributed by atoms with Gasteiger partial charge in [-0.3, -0.25) is 33.6 Å². The Hall–Kier alpha value is -8.15. The molecule has 17 nitrogen and oxygen atoms in total. The van der Waals surface area contributed by atoms with Crippen LogP contribution in [0.2, 0.25) is 0 Å². The number of benzene rings is 5. The molecule has 404 valence electrons. The van der Waals surface area contributed by atoms with Gasteiger partial charge in [0, 0.05) is 38.9 Å². The second-order valence-corrected chi connectivity index (χ2v) is 19.4. The summed E-state index contributed by atoms with van der Waals surface area (Å²) >= 11 is 0. The number of carbonyl (C=O) groups is 7. The highest BCUT2D eigenvalue weighted by atomic mass is 16.5. The molecule has 2 heterocycles. The van der Waals surface area contributed by atoms with Crippen molar-refractivity contribution in [1.82, 2.24) is 42.1 Å². The number of nitrogens with zero attached hydrogens (tertiary/aromatic N) is 1. The van der Waals surface area contributed by atoms with Gasteiger partial charge in [0.15, 0.2) is 0 Å². The van der Waals surface area contributed by atoms with Crippen LogP contribution in [0.25, 0.3) is 6.08 Å². The normalized spacial score (nSPS) is 21.6. The molecular formula is C60H71N9O8. The van der Waals surface area contributed by atoms with E-state index < -0.39 is 83.5 Å². The first-order valence-electron chi connectivity index (χ1n) is 26.5. The molecule has 0 aliphatic carbocycles. The van der Waals surface area contributed by atoms with Gasteiger partial charge in [-0.25, -0.2) is 0 Å². The third kappa shape index (κ3) is 16.9. The maximum absolute atomic E-state index is 15.3. The van der Waals surface area contributed by atoms with Crippen molar-refractivity contribution in [1.29, 1.82) is 0 Å². The predicted octanol–water partition coefficient (Wildman–Crippen LogP) is 3.52. The first-order valence-corrected chi connectivity index (χ1v) is 26.5. The summed E-state index contributed by atoms with van der Waals surface area (Å²) in [5.41, 5.74) is 9.76. The quantitative estimate of drug-likeness (QED) is 0.0528. The first kappa shape index (κ1) is 56.6. The molecule has 0 bridgehead atoms. The van der Waals surface area contributed by atoms with Gasteiger partial charge in [0.1, 0.15) is 48.6 Å². The summed E-state index contributed by atoms with van der Waals surface area (Å²) in [5, 5.41) is 20.4. The number of unbranched alkanes of at least 4 members (excludes halogenated alkanes) is 1. The summed E-state index contributed by atoms with van der Waals surface area (Å²) in [5.74, 6) is -5.10. The number of amides is 7. The third-order valence-corrected chi connectivity index (χ3v) is 13.7. The molecule has 17 heteroatoms. The number of rotatable bonds is 20. The molecule has 7 rings (SSSR count). The molecule has 0 saturated carbocycles. The second kappa shape index (κ2) is 29.2. The lowest BCUT2D eigenvalue weighted by Crippen LogP contribution is -2.62. The van der Waals surface area contributed by atoms with Gasteiger partial charge in [0.2, 0.25) is 41.4 Å². The van der Waals surface area contributed by atoms with Crippen molar-refractivity contribution in [3.63, 3.8) is 0 Å². The minimum atomic E-state index is -1.42.